The molecule has 1 aliphatic carbocycles. The van der Waals surface area contributed by atoms with Crippen molar-refractivity contribution in [3.05, 3.63) is 28.8 Å². The Morgan fingerprint density at radius 2 is 1.89 bits per heavy atom. The average molecular weight is 248 g/mol. The summed E-state index contributed by atoms with van der Waals surface area (Å²) < 4.78 is 5.38. The number of aryl methyl sites for hydroxylation is 2. The predicted octanol–water partition coefficient (Wildman–Crippen LogP) is 2.14. The summed E-state index contributed by atoms with van der Waals surface area (Å²) in [6.07, 6.45) is 2.55. The number of hydrogen-bond donors (Lipinski definition) is 2. The van der Waals surface area contributed by atoms with Crippen LogP contribution in [-0.2, 0) is 6.54 Å². The van der Waals surface area contributed by atoms with E-state index in [-0.39, 0.29) is 0 Å². The molecule has 0 radical (unpaired) electrons. The third kappa shape index (κ3) is 2.85. The molecule has 0 atom stereocenters. The molecule has 0 bridgehead atoms. The van der Waals surface area contributed by atoms with Crippen molar-refractivity contribution in [3.63, 3.8) is 0 Å². The molecule has 3 heteroatoms. The van der Waals surface area contributed by atoms with E-state index in [1.165, 1.54) is 29.5 Å². The van der Waals surface area contributed by atoms with E-state index in [2.05, 4.69) is 31.3 Å². The smallest absolute Gasteiger partial charge is 0.124 e. The number of rotatable bonds is 6. The summed E-state index contributed by atoms with van der Waals surface area (Å²) >= 11 is 0. The summed E-state index contributed by atoms with van der Waals surface area (Å²) in [6.45, 7) is 6.94. The van der Waals surface area contributed by atoms with E-state index in [1.54, 1.807) is 7.11 Å². The molecule has 1 aromatic rings. The molecular formula is C15H24N2O. The van der Waals surface area contributed by atoms with Crippen molar-refractivity contribution in [1.29, 1.82) is 0 Å². The van der Waals surface area contributed by atoms with Crippen molar-refractivity contribution in [3.8, 4) is 5.75 Å². The van der Waals surface area contributed by atoms with Crippen LogP contribution in [0.1, 0.15) is 29.5 Å². The molecule has 1 saturated carbocycles. The van der Waals surface area contributed by atoms with Crippen LogP contribution in [0.15, 0.2) is 12.1 Å². The van der Waals surface area contributed by atoms with Gasteiger partial charge in [-0.3, -0.25) is 0 Å². The quantitative estimate of drug-likeness (QED) is 0.811. The Bertz CT molecular complexity index is 401. The minimum atomic E-state index is 0.399. The van der Waals surface area contributed by atoms with Gasteiger partial charge in [0.05, 0.1) is 7.11 Å². The van der Waals surface area contributed by atoms with Crippen LogP contribution >= 0.6 is 0 Å². The van der Waals surface area contributed by atoms with Crippen LogP contribution in [0.25, 0.3) is 0 Å². The van der Waals surface area contributed by atoms with Crippen LogP contribution < -0.4 is 15.8 Å². The highest BCUT2D eigenvalue weighted by molar-refractivity contribution is 5.43. The van der Waals surface area contributed by atoms with Gasteiger partial charge in [0, 0.05) is 13.1 Å². The Kier molecular flexibility index (Phi) is 3.93. The van der Waals surface area contributed by atoms with Gasteiger partial charge < -0.3 is 15.8 Å². The fourth-order valence-electron chi connectivity index (χ4n) is 2.57. The SMILES string of the molecule is COc1c(C)cc(CNCC2(CN)CC2)cc1C. The number of benzene rings is 1. The van der Waals surface area contributed by atoms with E-state index in [0.29, 0.717) is 5.41 Å². The zero-order valence-electron chi connectivity index (χ0n) is 11.7. The normalized spacial score (nSPS) is 16.7. The number of hydrogen-bond acceptors (Lipinski definition) is 3. The minimum Gasteiger partial charge on any atom is -0.496 e. The molecule has 0 heterocycles. The molecule has 0 saturated heterocycles. The number of nitrogens with one attached hydrogen (secondary N) is 1. The first-order valence-corrected chi connectivity index (χ1v) is 6.65. The predicted molar refractivity (Wildman–Crippen MR) is 74.9 cm³/mol. The molecule has 3 N–H and O–H groups in total. The molecule has 0 aromatic heterocycles. The van der Waals surface area contributed by atoms with Crippen LogP contribution in [0.4, 0.5) is 0 Å². The first-order valence-electron chi connectivity index (χ1n) is 6.65. The maximum atomic E-state index is 5.78. The van der Waals surface area contributed by atoms with E-state index >= 15 is 0 Å². The molecule has 0 unspecified atom stereocenters. The lowest BCUT2D eigenvalue weighted by Gasteiger charge is -2.15. The third-order valence-electron chi connectivity index (χ3n) is 3.94. The van der Waals surface area contributed by atoms with Crippen molar-refractivity contribution in [2.75, 3.05) is 20.2 Å². The molecule has 100 valence electrons. The molecule has 3 nitrogen and oxygen atoms in total. The average Bonchev–Trinajstić information content (AvgIpc) is 3.09. The maximum Gasteiger partial charge on any atom is 0.124 e. The molecule has 1 aromatic carbocycles. The molecule has 0 aliphatic heterocycles. The van der Waals surface area contributed by atoms with Crippen LogP contribution in [0.3, 0.4) is 0 Å². The van der Waals surface area contributed by atoms with Gasteiger partial charge in [-0.1, -0.05) is 12.1 Å². The number of nitrogens with two attached hydrogens (primary N) is 1. The van der Waals surface area contributed by atoms with E-state index in [9.17, 15) is 0 Å². The molecule has 1 fully saturated rings. The Morgan fingerprint density at radius 1 is 1.28 bits per heavy atom. The van der Waals surface area contributed by atoms with Gasteiger partial charge in [0.25, 0.3) is 0 Å². The zero-order chi connectivity index (χ0) is 13.2. The van der Waals surface area contributed by atoms with Crippen molar-refractivity contribution < 1.29 is 4.74 Å². The lowest BCUT2D eigenvalue weighted by Crippen LogP contribution is -2.29. The van der Waals surface area contributed by atoms with Crippen LogP contribution in [-0.4, -0.2) is 20.2 Å². The zero-order valence-corrected chi connectivity index (χ0v) is 11.7. The van der Waals surface area contributed by atoms with Crippen LogP contribution in [0, 0.1) is 19.3 Å². The first kappa shape index (κ1) is 13.4. The molecule has 2 rings (SSSR count). The van der Waals surface area contributed by atoms with E-state index < -0.39 is 0 Å². The number of methoxy groups -OCH3 is 1. The molecule has 18 heavy (non-hydrogen) atoms. The Hall–Kier alpha value is -1.06. The van der Waals surface area contributed by atoms with Crippen molar-refractivity contribution in [2.24, 2.45) is 11.1 Å². The second kappa shape index (κ2) is 5.29. The summed E-state index contributed by atoms with van der Waals surface area (Å²) in [6, 6.07) is 4.39. The summed E-state index contributed by atoms with van der Waals surface area (Å²) in [4.78, 5) is 0. The Balaban J connectivity index is 1.93. The van der Waals surface area contributed by atoms with Gasteiger partial charge in [0.1, 0.15) is 5.75 Å². The van der Waals surface area contributed by atoms with Crippen LogP contribution in [0.5, 0.6) is 5.75 Å². The third-order valence-corrected chi connectivity index (χ3v) is 3.94. The van der Waals surface area contributed by atoms with Crippen molar-refractivity contribution in [1.82, 2.24) is 5.32 Å². The standard InChI is InChI=1S/C15H24N2O/c1-11-6-13(7-12(2)14(11)18-3)8-17-10-15(9-16)4-5-15/h6-7,17H,4-5,8-10,16H2,1-3H3. The second-order valence-corrected chi connectivity index (χ2v) is 5.57. The highest BCUT2D eigenvalue weighted by Gasteiger charge is 2.40. The Labute approximate surface area is 110 Å². The summed E-state index contributed by atoms with van der Waals surface area (Å²) in [5.74, 6) is 0.999. The Morgan fingerprint density at radius 3 is 2.33 bits per heavy atom. The summed E-state index contributed by atoms with van der Waals surface area (Å²) in [5, 5.41) is 3.53. The highest BCUT2D eigenvalue weighted by atomic mass is 16.5. The van der Waals surface area contributed by atoms with Gasteiger partial charge in [0.2, 0.25) is 0 Å². The molecule has 1 aliphatic rings. The lowest BCUT2D eigenvalue weighted by molar-refractivity contribution is 0.408. The van der Waals surface area contributed by atoms with E-state index in [4.69, 9.17) is 10.5 Å². The largest absolute Gasteiger partial charge is 0.496 e. The highest BCUT2D eigenvalue weighted by Crippen LogP contribution is 2.43. The van der Waals surface area contributed by atoms with Crippen molar-refractivity contribution in [2.45, 2.75) is 33.2 Å². The molecular weight excluding hydrogens is 224 g/mol. The first-order chi connectivity index (χ1) is 8.60. The fourth-order valence-corrected chi connectivity index (χ4v) is 2.57. The van der Waals surface area contributed by atoms with Gasteiger partial charge in [-0.05, 0) is 55.3 Å². The van der Waals surface area contributed by atoms with Gasteiger partial charge in [-0.15, -0.1) is 0 Å². The van der Waals surface area contributed by atoms with E-state index in [1.807, 2.05) is 0 Å². The molecule has 0 amide bonds. The minimum absolute atomic E-state index is 0.399. The van der Waals surface area contributed by atoms with Gasteiger partial charge in [0.15, 0.2) is 0 Å². The van der Waals surface area contributed by atoms with Gasteiger partial charge in [-0.25, -0.2) is 0 Å². The summed E-state index contributed by atoms with van der Waals surface area (Å²) in [5.41, 5.74) is 9.90. The number of ether oxygens (including phenoxy) is 1. The maximum absolute atomic E-state index is 5.78. The van der Waals surface area contributed by atoms with Gasteiger partial charge >= 0.3 is 0 Å². The van der Waals surface area contributed by atoms with Gasteiger partial charge in [-0.2, -0.15) is 0 Å². The van der Waals surface area contributed by atoms with Crippen LogP contribution in [0.2, 0.25) is 0 Å². The second-order valence-electron chi connectivity index (χ2n) is 5.57. The van der Waals surface area contributed by atoms with Crippen molar-refractivity contribution >= 4 is 0 Å². The lowest BCUT2D eigenvalue weighted by atomic mass is 10.0. The topological polar surface area (TPSA) is 47.3 Å². The summed E-state index contributed by atoms with van der Waals surface area (Å²) in [7, 11) is 1.73. The van der Waals surface area contributed by atoms with E-state index in [0.717, 1.165) is 25.4 Å². The monoisotopic (exact) mass is 248 g/mol. The fraction of sp³-hybridized carbons (Fsp3) is 0.600. The molecule has 0 spiro atoms.